The van der Waals surface area contributed by atoms with Crippen LogP contribution in [-0.4, -0.2) is 11.8 Å². The molecule has 0 aromatic heterocycles. The van der Waals surface area contributed by atoms with Crippen LogP contribution in [0.1, 0.15) is 5.56 Å². The molecule has 1 nitrogen and oxygen atoms in total. The fourth-order valence-corrected chi connectivity index (χ4v) is 1.39. The van der Waals surface area contributed by atoms with Crippen molar-refractivity contribution in [2.45, 2.75) is 6.92 Å². The molecule has 0 aliphatic carbocycles. The van der Waals surface area contributed by atoms with Crippen LogP contribution in [0.3, 0.4) is 0 Å². The Morgan fingerprint density at radius 2 is 1.92 bits per heavy atom. The second-order valence-corrected chi connectivity index (χ2v) is 4.65. The van der Waals surface area contributed by atoms with Gasteiger partial charge < -0.3 is 0 Å². The van der Waals surface area contributed by atoms with Crippen LogP contribution in [0.5, 0.6) is 0 Å². The van der Waals surface area contributed by atoms with Crippen molar-refractivity contribution < 1.29 is 0 Å². The molecule has 0 radical (unpaired) electrons. The molecule has 0 bridgehead atoms. The van der Waals surface area contributed by atoms with Gasteiger partial charge in [0.05, 0.1) is 11.2 Å². The van der Waals surface area contributed by atoms with Crippen molar-refractivity contribution in [1.82, 2.24) is 0 Å². The molecule has 1 aromatic rings. The van der Waals surface area contributed by atoms with Crippen LogP contribution >= 0.6 is 21.6 Å². The van der Waals surface area contributed by atoms with Gasteiger partial charge in [-0.15, -0.1) is 0 Å². The third-order valence-electron chi connectivity index (χ3n) is 1.38. The van der Waals surface area contributed by atoms with E-state index in [0.717, 1.165) is 5.69 Å². The zero-order valence-corrected chi connectivity index (χ0v) is 8.78. The molecule has 3 heteroatoms. The van der Waals surface area contributed by atoms with Crippen molar-refractivity contribution in [3.63, 3.8) is 0 Å². The lowest BCUT2D eigenvalue weighted by atomic mass is 10.2. The average molecular weight is 197 g/mol. The van der Waals surface area contributed by atoms with E-state index in [9.17, 15) is 0 Å². The van der Waals surface area contributed by atoms with Gasteiger partial charge in [0.1, 0.15) is 0 Å². The lowest BCUT2D eigenvalue weighted by molar-refractivity contribution is 1.44. The van der Waals surface area contributed by atoms with E-state index in [2.05, 4.69) is 24.0 Å². The number of benzene rings is 1. The van der Waals surface area contributed by atoms with Gasteiger partial charge in [-0.1, -0.05) is 28.5 Å². The van der Waals surface area contributed by atoms with Crippen LogP contribution in [0.25, 0.3) is 0 Å². The van der Waals surface area contributed by atoms with Gasteiger partial charge in [0, 0.05) is 0 Å². The molecule has 0 spiro atoms. The summed E-state index contributed by atoms with van der Waals surface area (Å²) in [6.45, 7) is 2.07. The molecule has 0 unspecified atom stereocenters. The smallest absolute Gasteiger partial charge is 0.0711 e. The molecule has 0 fully saturated rings. The van der Waals surface area contributed by atoms with Crippen LogP contribution in [-0.2, 0) is 0 Å². The fraction of sp³-hybridized carbons (Fsp3) is 0.222. The quantitative estimate of drug-likeness (QED) is 0.416. The highest BCUT2D eigenvalue weighted by Gasteiger charge is 1.85. The minimum atomic E-state index is 1.02. The first-order valence-electron chi connectivity index (χ1n) is 3.61. The van der Waals surface area contributed by atoms with E-state index < -0.39 is 0 Å². The van der Waals surface area contributed by atoms with Gasteiger partial charge >= 0.3 is 0 Å². The van der Waals surface area contributed by atoms with Gasteiger partial charge in [0.2, 0.25) is 0 Å². The van der Waals surface area contributed by atoms with Crippen molar-refractivity contribution in [3.8, 4) is 0 Å². The Morgan fingerprint density at radius 1 is 1.25 bits per heavy atom. The minimum Gasteiger partial charge on any atom is -0.249 e. The first-order valence-corrected chi connectivity index (χ1v) is 6.24. The summed E-state index contributed by atoms with van der Waals surface area (Å²) < 4.78 is 0. The maximum atomic E-state index is 4.25. The lowest BCUT2D eigenvalue weighted by Crippen LogP contribution is -1.68. The Hall–Kier alpha value is -0.410. The molecular formula is C9H11NS2. The van der Waals surface area contributed by atoms with Gasteiger partial charge in [-0.3, -0.25) is 0 Å². The summed E-state index contributed by atoms with van der Waals surface area (Å²) in [6, 6.07) is 8.17. The van der Waals surface area contributed by atoms with E-state index in [4.69, 9.17) is 0 Å². The Kier molecular flexibility index (Phi) is 4.25. The number of hydrogen-bond donors (Lipinski definition) is 0. The molecule has 1 aromatic carbocycles. The van der Waals surface area contributed by atoms with E-state index in [0.29, 0.717) is 0 Å². The monoisotopic (exact) mass is 197 g/mol. The molecule has 64 valence electrons. The predicted molar refractivity (Wildman–Crippen MR) is 60.4 cm³/mol. The Balaban J connectivity index is 2.58. The molecule has 0 saturated carbocycles. The van der Waals surface area contributed by atoms with E-state index in [1.54, 1.807) is 21.6 Å². The summed E-state index contributed by atoms with van der Waals surface area (Å²) in [5.74, 6) is 0. The average Bonchev–Trinajstić information content (AvgIpc) is 2.09. The van der Waals surface area contributed by atoms with Crippen LogP contribution in [0.4, 0.5) is 5.69 Å². The number of hydrogen-bond acceptors (Lipinski definition) is 3. The van der Waals surface area contributed by atoms with Gasteiger partial charge in [0.15, 0.2) is 0 Å². The Labute approximate surface area is 81.1 Å². The molecule has 12 heavy (non-hydrogen) atoms. The summed E-state index contributed by atoms with van der Waals surface area (Å²) in [7, 11) is 3.32. The van der Waals surface area contributed by atoms with Crippen LogP contribution in [0.15, 0.2) is 29.3 Å². The zero-order chi connectivity index (χ0) is 8.81. The first-order chi connectivity index (χ1) is 5.83. The first kappa shape index (κ1) is 9.68. The summed E-state index contributed by atoms with van der Waals surface area (Å²) in [6.07, 6.45) is 2.03. The van der Waals surface area contributed by atoms with Crippen LogP contribution < -0.4 is 0 Å². The number of aryl methyl sites for hydroxylation is 1. The lowest BCUT2D eigenvalue weighted by Gasteiger charge is -1.93. The van der Waals surface area contributed by atoms with Crippen molar-refractivity contribution in [2.75, 3.05) is 6.26 Å². The highest BCUT2D eigenvalue weighted by Crippen LogP contribution is 2.17. The predicted octanol–water partition coefficient (Wildman–Crippen LogP) is 3.67. The van der Waals surface area contributed by atoms with Crippen molar-refractivity contribution >= 4 is 32.8 Å². The molecule has 1 rings (SSSR count). The van der Waals surface area contributed by atoms with E-state index in [1.807, 2.05) is 23.9 Å². The standard InChI is InChI=1S/C9H11NS2/c1-8-3-5-9(6-4-8)10-7-12-11-2/h3-7H,1-2H3. The summed E-state index contributed by atoms with van der Waals surface area (Å²) in [4.78, 5) is 4.25. The Morgan fingerprint density at radius 3 is 2.50 bits per heavy atom. The van der Waals surface area contributed by atoms with Crippen molar-refractivity contribution in [3.05, 3.63) is 29.8 Å². The zero-order valence-electron chi connectivity index (χ0n) is 7.15. The largest absolute Gasteiger partial charge is 0.249 e. The maximum Gasteiger partial charge on any atom is 0.0711 e. The minimum absolute atomic E-state index is 1.02. The molecular weight excluding hydrogens is 186 g/mol. The highest BCUT2D eigenvalue weighted by atomic mass is 33.1. The summed E-state index contributed by atoms with van der Waals surface area (Å²) in [5, 5.41) is 0. The SMILES string of the molecule is CSSC=Nc1ccc(C)cc1. The van der Waals surface area contributed by atoms with Gasteiger partial charge in [-0.2, -0.15) is 0 Å². The number of aliphatic imine (C=N–C) groups is 1. The fourth-order valence-electron chi connectivity index (χ4n) is 0.756. The van der Waals surface area contributed by atoms with Crippen LogP contribution in [0, 0.1) is 6.92 Å². The van der Waals surface area contributed by atoms with Gasteiger partial charge in [0.25, 0.3) is 0 Å². The second-order valence-electron chi connectivity index (χ2n) is 2.33. The normalized spacial score (nSPS) is 10.8. The maximum absolute atomic E-state index is 4.25. The molecule has 0 saturated heterocycles. The topological polar surface area (TPSA) is 12.4 Å². The van der Waals surface area contributed by atoms with Gasteiger partial charge in [-0.05, 0) is 36.1 Å². The molecule has 0 N–H and O–H groups in total. The number of rotatable bonds is 3. The summed E-state index contributed by atoms with van der Waals surface area (Å²) in [5.41, 5.74) is 4.14. The third-order valence-corrected chi connectivity index (χ3v) is 2.59. The molecule has 0 atom stereocenters. The molecule has 0 aliphatic heterocycles. The van der Waals surface area contributed by atoms with Crippen molar-refractivity contribution in [1.29, 1.82) is 0 Å². The molecule has 0 aliphatic rings. The molecule has 0 amide bonds. The van der Waals surface area contributed by atoms with Crippen LogP contribution in [0.2, 0.25) is 0 Å². The highest BCUT2D eigenvalue weighted by molar-refractivity contribution is 8.81. The molecule has 0 heterocycles. The van der Waals surface area contributed by atoms with Crippen molar-refractivity contribution in [2.24, 2.45) is 4.99 Å². The Bertz CT molecular complexity index is 254. The summed E-state index contributed by atoms with van der Waals surface area (Å²) >= 11 is 0. The van der Waals surface area contributed by atoms with E-state index >= 15 is 0 Å². The van der Waals surface area contributed by atoms with E-state index in [-0.39, 0.29) is 0 Å². The van der Waals surface area contributed by atoms with E-state index in [1.165, 1.54) is 5.56 Å². The van der Waals surface area contributed by atoms with Gasteiger partial charge in [-0.25, -0.2) is 4.99 Å². The third kappa shape index (κ3) is 3.32. The number of nitrogens with zero attached hydrogens (tertiary/aromatic N) is 1. The second kappa shape index (κ2) is 5.27.